The minimum atomic E-state index is -0.114. The molecular weight excluding hydrogens is 230 g/mol. The van der Waals surface area contributed by atoms with E-state index in [0.717, 1.165) is 6.42 Å². The Kier molecular flexibility index (Phi) is 5.12. The first kappa shape index (κ1) is 12.5. The van der Waals surface area contributed by atoms with Gasteiger partial charge in [0.25, 0.3) is 0 Å². The van der Waals surface area contributed by atoms with E-state index >= 15 is 0 Å². The van der Waals surface area contributed by atoms with Crippen LogP contribution >= 0.6 is 22.9 Å². The SMILES string of the molecule is CCc1ccc(CNC(=O)C(C)CCl)s1. The molecule has 2 nitrogen and oxygen atoms in total. The van der Waals surface area contributed by atoms with Crippen LogP contribution in [0.4, 0.5) is 0 Å². The Labute approximate surface area is 99.6 Å². The van der Waals surface area contributed by atoms with Gasteiger partial charge in [0.1, 0.15) is 0 Å². The average molecular weight is 246 g/mol. The number of amides is 1. The van der Waals surface area contributed by atoms with Crippen molar-refractivity contribution in [2.75, 3.05) is 5.88 Å². The van der Waals surface area contributed by atoms with Gasteiger partial charge in [-0.3, -0.25) is 4.79 Å². The monoisotopic (exact) mass is 245 g/mol. The molecule has 84 valence electrons. The van der Waals surface area contributed by atoms with E-state index in [1.54, 1.807) is 11.3 Å². The molecule has 0 saturated carbocycles. The van der Waals surface area contributed by atoms with Crippen molar-refractivity contribution in [3.05, 3.63) is 21.9 Å². The molecule has 15 heavy (non-hydrogen) atoms. The van der Waals surface area contributed by atoms with Gasteiger partial charge in [-0.2, -0.15) is 0 Å². The van der Waals surface area contributed by atoms with Crippen LogP contribution in [0.2, 0.25) is 0 Å². The topological polar surface area (TPSA) is 29.1 Å². The van der Waals surface area contributed by atoms with E-state index in [1.165, 1.54) is 9.75 Å². The third-order valence-electron chi connectivity index (χ3n) is 2.18. The van der Waals surface area contributed by atoms with Crippen LogP contribution in [0.5, 0.6) is 0 Å². The van der Waals surface area contributed by atoms with Gasteiger partial charge < -0.3 is 5.32 Å². The second kappa shape index (κ2) is 6.13. The highest BCUT2D eigenvalue weighted by atomic mass is 35.5. The molecule has 1 rings (SSSR count). The molecule has 1 unspecified atom stereocenters. The number of aryl methyl sites for hydroxylation is 1. The minimum Gasteiger partial charge on any atom is -0.351 e. The quantitative estimate of drug-likeness (QED) is 0.795. The fraction of sp³-hybridized carbons (Fsp3) is 0.545. The largest absolute Gasteiger partial charge is 0.351 e. The summed E-state index contributed by atoms with van der Waals surface area (Å²) in [5.74, 6) is 0.282. The van der Waals surface area contributed by atoms with Gasteiger partial charge in [0.15, 0.2) is 0 Å². The lowest BCUT2D eigenvalue weighted by molar-refractivity contribution is -0.124. The lowest BCUT2D eigenvalue weighted by Gasteiger charge is -2.07. The summed E-state index contributed by atoms with van der Waals surface area (Å²) in [7, 11) is 0. The normalized spacial score (nSPS) is 12.5. The molecule has 1 heterocycles. The van der Waals surface area contributed by atoms with Crippen LogP contribution in [0, 0.1) is 5.92 Å². The van der Waals surface area contributed by atoms with E-state index in [1.807, 2.05) is 6.92 Å². The highest BCUT2D eigenvalue weighted by Crippen LogP contribution is 2.16. The first-order valence-corrected chi connectivity index (χ1v) is 6.43. The molecule has 1 aromatic heterocycles. The molecule has 0 bridgehead atoms. The summed E-state index contributed by atoms with van der Waals surface area (Å²) in [6.45, 7) is 4.57. The Bertz CT molecular complexity index is 324. The standard InChI is InChI=1S/C11H16ClNOS/c1-3-9-4-5-10(15-9)7-13-11(14)8(2)6-12/h4-5,8H,3,6-7H2,1-2H3,(H,13,14). The van der Waals surface area contributed by atoms with Gasteiger partial charge in [0, 0.05) is 21.6 Å². The van der Waals surface area contributed by atoms with E-state index < -0.39 is 0 Å². The van der Waals surface area contributed by atoms with Crippen molar-refractivity contribution in [1.82, 2.24) is 5.32 Å². The molecule has 1 aromatic rings. The maximum Gasteiger partial charge on any atom is 0.224 e. The first-order valence-electron chi connectivity index (χ1n) is 5.08. The van der Waals surface area contributed by atoms with E-state index in [4.69, 9.17) is 11.6 Å². The van der Waals surface area contributed by atoms with Crippen LogP contribution in [0.25, 0.3) is 0 Å². The Morgan fingerprint density at radius 1 is 1.53 bits per heavy atom. The molecule has 0 aliphatic heterocycles. The summed E-state index contributed by atoms with van der Waals surface area (Å²) in [4.78, 5) is 14.0. The predicted molar refractivity (Wildman–Crippen MR) is 65.4 cm³/mol. The molecule has 0 radical (unpaired) electrons. The van der Waals surface area contributed by atoms with Gasteiger partial charge in [-0.1, -0.05) is 13.8 Å². The molecule has 0 spiro atoms. The smallest absolute Gasteiger partial charge is 0.224 e. The molecule has 0 aliphatic carbocycles. The van der Waals surface area contributed by atoms with Gasteiger partial charge in [-0.25, -0.2) is 0 Å². The molecule has 1 amide bonds. The number of hydrogen-bond acceptors (Lipinski definition) is 2. The number of carbonyl (C=O) groups excluding carboxylic acids is 1. The Morgan fingerprint density at radius 2 is 2.20 bits per heavy atom. The van der Waals surface area contributed by atoms with Crippen molar-refractivity contribution in [2.45, 2.75) is 26.8 Å². The van der Waals surface area contributed by atoms with Crippen LogP contribution in [0.15, 0.2) is 12.1 Å². The van der Waals surface area contributed by atoms with Crippen molar-refractivity contribution in [2.24, 2.45) is 5.92 Å². The third-order valence-corrected chi connectivity index (χ3v) is 3.87. The molecule has 0 saturated heterocycles. The van der Waals surface area contributed by atoms with Crippen molar-refractivity contribution < 1.29 is 4.79 Å². The minimum absolute atomic E-state index is 0.0245. The number of nitrogens with one attached hydrogen (secondary N) is 1. The maximum atomic E-state index is 11.4. The number of hydrogen-bond donors (Lipinski definition) is 1. The summed E-state index contributed by atoms with van der Waals surface area (Å²) in [5, 5.41) is 2.87. The van der Waals surface area contributed by atoms with Gasteiger partial charge >= 0.3 is 0 Å². The fourth-order valence-corrected chi connectivity index (χ4v) is 2.16. The third kappa shape index (κ3) is 3.84. The zero-order valence-electron chi connectivity index (χ0n) is 9.05. The summed E-state index contributed by atoms with van der Waals surface area (Å²) in [6, 6.07) is 4.17. The molecule has 4 heteroatoms. The molecule has 0 aliphatic rings. The van der Waals surface area contributed by atoms with E-state index in [-0.39, 0.29) is 11.8 Å². The number of alkyl halides is 1. The van der Waals surface area contributed by atoms with Crippen LogP contribution in [0.3, 0.4) is 0 Å². The van der Waals surface area contributed by atoms with Crippen LogP contribution < -0.4 is 5.32 Å². The van der Waals surface area contributed by atoms with Gasteiger partial charge in [0.2, 0.25) is 5.91 Å². The first-order chi connectivity index (χ1) is 7.17. The Balaban J connectivity index is 2.40. The average Bonchev–Trinajstić information content (AvgIpc) is 2.72. The predicted octanol–water partition coefficient (Wildman–Crippen LogP) is 2.80. The zero-order chi connectivity index (χ0) is 11.3. The second-order valence-electron chi connectivity index (χ2n) is 3.49. The van der Waals surface area contributed by atoms with Crippen molar-refractivity contribution >= 4 is 28.8 Å². The van der Waals surface area contributed by atoms with E-state index in [0.29, 0.717) is 12.4 Å². The number of thiophene rings is 1. The summed E-state index contributed by atoms with van der Waals surface area (Å²) < 4.78 is 0. The molecule has 0 aromatic carbocycles. The maximum absolute atomic E-state index is 11.4. The highest BCUT2D eigenvalue weighted by Gasteiger charge is 2.10. The highest BCUT2D eigenvalue weighted by molar-refractivity contribution is 7.11. The van der Waals surface area contributed by atoms with Crippen molar-refractivity contribution in [1.29, 1.82) is 0 Å². The van der Waals surface area contributed by atoms with Gasteiger partial charge in [-0.05, 0) is 18.6 Å². The molecule has 0 fully saturated rings. The molecule has 1 atom stereocenters. The number of carbonyl (C=O) groups is 1. The summed E-state index contributed by atoms with van der Waals surface area (Å²) >= 11 is 7.34. The number of halogens is 1. The fourth-order valence-electron chi connectivity index (χ4n) is 1.13. The lowest BCUT2D eigenvalue weighted by Crippen LogP contribution is -2.29. The summed E-state index contributed by atoms with van der Waals surface area (Å²) in [6.07, 6.45) is 1.05. The molecule has 1 N–H and O–H groups in total. The van der Waals surface area contributed by atoms with Gasteiger partial charge in [0.05, 0.1) is 6.54 Å². The van der Waals surface area contributed by atoms with Crippen LogP contribution in [0.1, 0.15) is 23.6 Å². The second-order valence-corrected chi connectivity index (χ2v) is 5.06. The van der Waals surface area contributed by atoms with Crippen molar-refractivity contribution in [3.63, 3.8) is 0 Å². The summed E-state index contributed by atoms with van der Waals surface area (Å²) in [5.41, 5.74) is 0. The van der Waals surface area contributed by atoms with Crippen LogP contribution in [-0.4, -0.2) is 11.8 Å². The van der Waals surface area contributed by atoms with Crippen molar-refractivity contribution in [3.8, 4) is 0 Å². The Morgan fingerprint density at radius 3 is 2.73 bits per heavy atom. The Hall–Kier alpha value is -0.540. The zero-order valence-corrected chi connectivity index (χ0v) is 10.6. The molecular formula is C11H16ClNOS. The van der Waals surface area contributed by atoms with Crippen LogP contribution in [-0.2, 0) is 17.8 Å². The lowest BCUT2D eigenvalue weighted by atomic mass is 10.2. The number of rotatable bonds is 5. The van der Waals surface area contributed by atoms with E-state index in [2.05, 4.69) is 24.4 Å². The van der Waals surface area contributed by atoms with Gasteiger partial charge in [-0.15, -0.1) is 22.9 Å². The van der Waals surface area contributed by atoms with E-state index in [9.17, 15) is 4.79 Å².